The largest absolute Gasteiger partial charge is 0.284 e. The molecule has 15 heavy (non-hydrogen) atoms. The highest BCUT2D eigenvalue weighted by molar-refractivity contribution is 7.92. The van der Waals surface area contributed by atoms with Crippen molar-refractivity contribution in [2.75, 3.05) is 11.0 Å². The predicted molar refractivity (Wildman–Crippen MR) is 61.0 cm³/mol. The Morgan fingerprint density at radius 3 is 2.13 bits per heavy atom. The van der Waals surface area contributed by atoms with Gasteiger partial charge in [-0.1, -0.05) is 13.8 Å². The molecule has 0 saturated carbocycles. The third-order valence-electron chi connectivity index (χ3n) is 1.35. The number of hydrogen-bond donors (Lipinski definition) is 1. The highest BCUT2D eigenvalue weighted by Gasteiger charge is 2.03. The van der Waals surface area contributed by atoms with E-state index in [1.165, 1.54) is 6.07 Å². The Morgan fingerprint density at radius 1 is 1.20 bits per heavy atom. The molecule has 1 rings (SSSR count). The van der Waals surface area contributed by atoms with Crippen LogP contribution in [0.4, 0.5) is 10.1 Å². The van der Waals surface area contributed by atoms with Crippen LogP contribution in [0.5, 0.6) is 0 Å². The van der Waals surface area contributed by atoms with E-state index in [4.69, 9.17) is 0 Å². The lowest BCUT2D eigenvalue weighted by atomic mass is 10.2. The highest BCUT2D eigenvalue weighted by atomic mass is 32.2. The van der Waals surface area contributed by atoms with Gasteiger partial charge in [-0.05, 0) is 30.7 Å². The van der Waals surface area contributed by atoms with E-state index >= 15 is 0 Å². The van der Waals surface area contributed by atoms with E-state index in [-0.39, 0.29) is 5.69 Å². The molecule has 0 radical (unpaired) electrons. The van der Waals surface area contributed by atoms with Gasteiger partial charge < -0.3 is 0 Å². The number of aryl methyl sites for hydroxylation is 1. The van der Waals surface area contributed by atoms with Crippen molar-refractivity contribution in [3.05, 3.63) is 29.6 Å². The number of hydrogen-bond acceptors (Lipinski definition) is 2. The number of nitrogens with one attached hydrogen (secondary N) is 1. The van der Waals surface area contributed by atoms with E-state index in [1.54, 1.807) is 13.0 Å². The predicted octanol–water partition coefficient (Wildman–Crippen LogP) is 2.53. The molecule has 1 aromatic rings. The fourth-order valence-electron chi connectivity index (χ4n) is 1.01. The van der Waals surface area contributed by atoms with Crippen molar-refractivity contribution in [2.24, 2.45) is 0 Å². The third-order valence-corrected chi connectivity index (χ3v) is 1.95. The summed E-state index contributed by atoms with van der Waals surface area (Å²) in [5, 5.41) is 0. The van der Waals surface area contributed by atoms with Crippen LogP contribution in [0.1, 0.15) is 19.4 Å². The monoisotopic (exact) mass is 233 g/mol. The van der Waals surface area contributed by atoms with Gasteiger partial charge in [-0.2, -0.15) is 0 Å². The molecule has 3 nitrogen and oxygen atoms in total. The Bertz CT molecular complexity index is 395. The normalized spacial score (nSPS) is 10.2. The summed E-state index contributed by atoms with van der Waals surface area (Å²) in [4.78, 5) is 0. The van der Waals surface area contributed by atoms with Crippen molar-refractivity contribution >= 4 is 15.7 Å². The quantitative estimate of drug-likeness (QED) is 0.853. The molecule has 86 valence electrons. The summed E-state index contributed by atoms with van der Waals surface area (Å²) in [5.74, 6) is -0.453. The van der Waals surface area contributed by atoms with Gasteiger partial charge in [0.15, 0.2) is 0 Å². The van der Waals surface area contributed by atoms with Crippen LogP contribution >= 0.6 is 0 Å². The average molecular weight is 233 g/mol. The van der Waals surface area contributed by atoms with Gasteiger partial charge in [0.05, 0.1) is 11.9 Å². The first-order valence-corrected chi connectivity index (χ1v) is 6.51. The molecule has 0 fully saturated rings. The maximum absolute atomic E-state index is 12.8. The van der Waals surface area contributed by atoms with Crippen molar-refractivity contribution < 1.29 is 12.8 Å². The van der Waals surface area contributed by atoms with E-state index in [1.807, 2.05) is 13.8 Å². The Balaban J connectivity index is 0.000000921. The minimum atomic E-state index is -3.33. The Labute approximate surface area is 90.4 Å². The van der Waals surface area contributed by atoms with Gasteiger partial charge in [-0.25, -0.2) is 12.8 Å². The number of anilines is 1. The average Bonchev–Trinajstić information content (AvgIpc) is 2.02. The Kier molecular flexibility index (Phi) is 5.28. The Hall–Kier alpha value is -1.10. The van der Waals surface area contributed by atoms with Crippen LogP contribution in [0, 0.1) is 12.7 Å². The summed E-state index contributed by atoms with van der Waals surface area (Å²) < 4.78 is 36.5. The van der Waals surface area contributed by atoms with Gasteiger partial charge in [0, 0.05) is 0 Å². The molecule has 0 aliphatic heterocycles. The zero-order valence-electron chi connectivity index (χ0n) is 9.33. The van der Waals surface area contributed by atoms with Crippen LogP contribution in [0.15, 0.2) is 18.2 Å². The smallest absolute Gasteiger partial charge is 0.229 e. The second-order valence-electron chi connectivity index (χ2n) is 2.89. The Morgan fingerprint density at radius 2 is 1.73 bits per heavy atom. The van der Waals surface area contributed by atoms with Crippen LogP contribution in [-0.4, -0.2) is 14.7 Å². The molecule has 0 unspecified atom stereocenters. The summed E-state index contributed by atoms with van der Waals surface area (Å²) >= 11 is 0. The summed E-state index contributed by atoms with van der Waals surface area (Å²) in [6.07, 6.45) is 1.02. The lowest BCUT2D eigenvalue weighted by molar-refractivity contribution is 0.606. The maximum Gasteiger partial charge on any atom is 0.229 e. The molecule has 1 aromatic carbocycles. The van der Waals surface area contributed by atoms with Gasteiger partial charge in [-0.3, -0.25) is 4.72 Å². The number of rotatable bonds is 2. The van der Waals surface area contributed by atoms with E-state index in [0.29, 0.717) is 5.56 Å². The van der Waals surface area contributed by atoms with E-state index in [2.05, 4.69) is 4.72 Å². The molecule has 1 N–H and O–H groups in total. The van der Waals surface area contributed by atoms with Crippen molar-refractivity contribution in [3.63, 3.8) is 0 Å². The van der Waals surface area contributed by atoms with E-state index in [0.717, 1.165) is 12.3 Å². The molecule has 0 aromatic heterocycles. The molecule has 0 bridgehead atoms. The molecule has 5 heteroatoms. The van der Waals surface area contributed by atoms with Crippen molar-refractivity contribution in [1.29, 1.82) is 0 Å². The summed E-state index contributed by atoms with van der Waals surface area (Å²) in [5.41, 5.74) is 0.922. The number of halogens is 1. The SMILES string of the molecule is CC.Cc1cc(F)cc(NS(C)(=O)=O)c1. The molecule has 0 saturated heterocycles. The van der Waals surface area contributed by atoms with Crippen molar-refractivity contribution in [3.8, 4) is 0 Å². The topological polar surface area (TPSA) is 46.2 Å². The number of benzene rings is 1. The molecule has 0 atom stereocenters. The van der Waals surface area contributed by atoms with Gasteiger partial charge in [-0.15, -0.1) is 0 Å². The fourth-order valence-corrected chi connectivity index (χ4v) is 1.56. The van der Waals surface area contributed by atoms with Gasteiger partial charge in [0.1, 0.15) is 5.82 Å². The van der Waals surface area contributed by atoms with Crippen LogP contribution in [0.3, 0.4) is 0 Å². The van der Waals surface area contributed by atoms with Crippen molar-refractivity contribution in [2.45, 2.75) is 20.8 Å². The molecular weight excluding hydrogens is 217 g/mol. The first-order valence-electron chi connectivity index (χ1n) is 4.62. The van der Waals surface area contributed by atoms with Crippen LogP contribution in [0.25, 0.3) is 0 Å². The molecule has 0 heterocycles. The van der Waals surface area contributed by atoms with Gasteiger partial charge in [0.25, 0.3) is 0 Å². The standard InChI is InChI=1S/C8H10FNO2S.C2H6/c1-6-3-7(9)5-8(4-6)10-13(2,11)12;1-2/h3-5,10H,1-2H3;1-2H3. The summed E-state index contributed by atoms with van der Waals surface area (Å²) in [7, 11) is -3.33. The molecule has 0 aliphatic rings. The minimum Gasteiger partial charge on any atom is -0.284 e. The first-order chi connectivity index (χ1) is 6.87. The molecular formula is C10H16FNO2S. The second kappa shape index (κ2) is 5.70. The highest BCUT2D eigenvalue weighted by Crippen LogP contribution is 2.13. The molecule has 0 aliphatic carbocycles. The molecule has 0 spiro atoms. The van der Waals surface area contributed by atoms with Crippen LogP contribution in [-0.2, 0) is 10.0 Å². The minimum absolute atomic E-state index is 0.250. The number of sulfonamides is 1. The van der Waals surface area contributed by atoms with Crippen LogP contribution in [0.2, 0.25) is 0 Å². The zero-order chi connectivity index (χ0) is 12.1. The lowest BCUT2D eigenvalue weighted by Crippen LogP contribution is -2.09. The molecule has 0 amide bonds. The summed E-state index contributed by atoms with van der Waals surface area (Å²) in [6, 6.07) is 4.02. The second-order valence-corrected chi connectivity index (χ2v) is 4.64. The van der Waals surface area contributed by atoms with Crippen LogP contribution < -0.4 is 4.72 Å². The van der Waals surface area contributed by atoms with E-state index < -0.39 is 15.8 Å². The maximum atomic E-state index is 12.8. The van der Waals surface area contributed by atoms with Gasteiger partial charge in [0.2, 0.25) is 10.0 Å². The first kappa shape index (κ1) is 13.9. The van der Waals surface area contributed by atoms with Crippen molar-refractivity contribution in [1.82, 2.24) is 0 Å². The summed E-state index contributed by atoms with van der Waals surface area (Å²) in [6.45, 7) is 5.69. The fraction of sp³-hybridized carbons (Fsp3) is 0.400. The van der Waals surface area contributed by atoms with E-state index in [9.17, 15) is 12.8 Å². The van der Waals surface area contributed by atoms with Gasteiger partial charge >= 0.3 is 0 Å². The lowest BCUT2D eigenvalue weighted by Gasteiger charge is -2.04. The zero-order valence-corrected chi connectivity index (χ0v) is 10.2. The third kappa shape index (κ3) is 6.06.